The maximum absolute atomic E-state index is 12.1. The molecule has 102 valence electrons. The van der Waals surface area contributed by atoms with Crippen molar-refractivity contribution in [2.75, 3.05) is 6.54 Å². The van der Waals surface area contributed by atoms with Gasteiger partial charge in [-0.1, -0.05) is 35.0 Å². The summed E-state index contributed by atoms with van der Waals surface area (Å²) in [5.41, 5.74) is 1.14. The van der Waals surface area contributed by atoms with Crippen molar-refractivity contribution in [2.24, 2.45) is 11.8 Å². The smallest absolute Gasteiger partial charge is 0.223 e. The van der Waals surface area contributed by atoms with Crippen molar-refractivity contribution >= 4 is 21.8 Å². The number of hydrogen-bond donors (Lipinski definition) is 1. The van der Waals surface area contributed by atoms with Gasteiger partial charge in [0.15, 0.2) is 0 Å². The minimum Gasteiger partial charge on any atom is -0.355 e. The molecule has 0 radical (unpaired) electrons. The molecule has 2 atom stereocenters. The number of amides is 1. The van der Waals surface area contributed by atoms with E-state index in [0.717, 1.165) is 22.9 Å². The third-order valence-corrected chi connectivity index (χ3v) is 3.53. The fourth-order valence-corrected chi connectivity index (χ4v) is 2.26. The highest BCUT2D eigenvalue weighted by Gasteiger charge is 2.17. The molecule has 4 heteroatoms. The molecular formula is C15H19BrN2O. The normalized spacial score (nSPS) is 13.4. The number of nitrogens with zero attached hydrogens (tertiary/aromatic N) is 1. The fraction of sp³-hybridized carbons (Fsp3) is 0.467. The summed E-state index contributed by atoms with van der Waals surface area (Å²) in [6.45, 7) is 4.23. The van der Waals surface area contributed by atoms with Crippen LogP contribution in [0.5, 0.6) is 0 Å². The lowest BCUT2D eigenvalue weighted by molar-refractivity contribution is -0.125. The van der Waals surface area contributed by atoms with E-state index < -0.39 is 0 Å². The van der Waals surface area contributed by atoms with Crippen LogP contribution in [0.25, 0.3) is 0 Å². The van der Waals surface area contributed by atoms with Gasteiger partial charge >= 0.3 is 0 Å². The van der Waals surface area contributed by atoms with E-state index in [9.17, 15) is 4.79 Å². The summed E-state index contributed by atoms with van der Waals surface area (Å²) in [6, 6.07) is 10.1. The second-order valence-electron chi connectivity index (χ2n) is 4.71. The Labute approximate surface area is 123 Å². The highest BCUT2D eigenvalue weighted by molar-refractivity contribution is 9.10. The molecule has 0 unspecified atom stereocenters. The summed E-state index contributed by atoms with van der Waals surface area (Å²) in [4.78, 5) is 12.1. The highest BCUT2D eigenvalue weighted by Crippen LogP contribution is 2.17. The van der Waals surface area contributed by atoms with Crippen molar-refractivity contribution < 1.29 is 4.79 Å². The number of benzene rings is 1. The predicted octanol–water partition coefficient (Wildman–Crippen LogP) is 3.29. The summed E-state index contributed by atoms with van der Waals surface area (Å²) in [5, 5.41) is 11.5. The Morgan fingerprint density at radius 2 is 2.26 bits per heavy atom. The molecule has 19 heavy (non-hydrogen) atoms. The van der Waals surface area contributed by atoms with Crippen LogP contribution in [0.15, 0.2) is 28.7 Å². The van der Waals surface area contributed by atoms with Crippen LogP contribution < -0.4 is 5.32 Å². The Bertz CT molecular complexity index is 467. The molecule has 1 aromatic rings. The number of rotatable bonds is 6. The van der Waals surface area contributed by atoms with Crippen LogP contribution >= 0.6 is 15.9 Å². The first-order valence-corrected chi connectivity index (χ1v) is 7.27. The summed E-state index contributed by atoms with van der Waals surface area (Å²) in [5.74, 6) is -0.155. The van der Waals surface area contributed by atoms with Gasteiger partial charge in [-0.3, -0.25) is 4.79 Å². The maximum Gasteiger partial charge on any atom is 0.223 e. The molecule has 1 aromatic carbocycles. The van der Waals surface area contributed by atoms with Gasteiger partial charge in [-0.05, 0) is 37.5 Å². The third kappa shape index (κ3) is 5.44. The molecule has 0 heterocycles. The monoisotopic (exact) mass is 322 g/mol. The number of nitriles is 1. The van der Waals surface area contributed by atoms with Crippen LogP contribution in [0.2, 0.25) is 0 Å². The van der Waals surface area contributed by atoms with Crippen molar-refractivity contribution in [3.63, 3.8) is 0 Å². The van der Waals surface area contributed by atoms with Crippen LogP contribution in [0.3, 0.4) is 0 Å². The van der Waals surface area contributed by atoms with E-state index in [1.165, 1.54) is 0 Å². The standard InChI is InChI=1S/C15H19BrN2O/c1-3-13(15(19)18-10-11(2)9-17)7-12-5-4-6-14(16)8-12/h4-6,8,11,13H,3,7,10H2,1-2H3,(H,18,19)/t11-,13+/m0/s1. The van der Waals surface area contributed by atoms with Gasteiger partial charge in [-0.15, -0.1) is 0 Å². The van der Waals surface area contributed by atoms with Crippen LogP contribution in [0, 0.1) is 23.2 Å². The van der Waals surface area contributed by atoms with Crippen LogP contribution in [0.4, 0.5) is 0 Å². The van der Waals surface area contributed by atoms with Gasteiger partial charge in [0.05, 0.1) is 12.0 Å². The average Bonchev–Trinajstić information content (AvgIpc) is 2.41. The van der Waals surface area contributed by atoms with E-state index >= 15 is 0 Å². The van der Waals surface area contributed by atoms with Crippen molar-refractivity contribution in [3.8, 4) is 6.07 Å². The van der Waals surface area contributed by atoms with Gasteiger partial charge in [0.2, 0.25) is 5.91 Å². The second-order valence-corrected chi connectivity index (χ2v) is 5.63. The number of halogens is 1. The first-order valence-electron chi connectivity index (χ1n) is 6.48. The van der Waals surface area contributed by atoms with Crippen molar-refractivity contribution in [2.45, 2.75) is 26.7 Å². The Morgan fingerprint density at radius 3 is 2.84 bits per heavy atom. The van der Waals surface area contributed by atoms with Gasteiger partial charge in [0.1, 0.15) is 0 Å². The minimum absolute atomic E-state index is 0.0320. The molecule has 0 aliphatic carbocycles. The van der Waals surface area contributed by atoms with Crippen molar-refractivity contribution in [1.82, 2.24) is 5.32 Å². The lowest BCUT2D eigenvalue weighted by atomic mass is 9.96. The number of carbonyl (C=O) groups is 1. The average molecular weight is 323 g/mol. The lowest BCUT2D eigenvalue weighted by Gasteiger charge is -2.15. The maximum atomic E-state index is 12.1. The Kier molecular flexibility index (Phi) is 6.58. The van der Waals surface area contributed by atoms with E-state index in [4.69, 9.17) is 5.26 Å². The molecule has 0 bridgehead atoms. The number of carbonyl (C=O) groups excluding carboxylic acids is 1. The van der Waals surface area contributed by atoms with E-state index in [0.29, 0.717) is 6.54 Å². The minimum atomic E-state index is -0.146. The Hall–Kier alpha value is -1.34. The zero-order valence-corrected chi connectivity index (χ0v) is 12.9. The lowest BCUT2D eigenvalue weighted by Crippen LogP contribution is -2.34. The van der Waals surface area contributed by atoms with E-state index in [1.807, 2.05) is 31.2 Å². The molecule has 0 fully saturated rings. The number of hydrogen-bond acceptors (Lipinski definition) is 2. The van der Waals surface area contributed by atoms with Gasteiger partial charge < -0.3 is 5.32 Å². The fourth-order valence-electron chi connectivity index (χ4n) is 1.81. The molecule has 1 N–H and O–H groups in total. The largest absolute Gasteiger partial charge is 0.355 e. The molecule has 1 rings (SSSR count). The molecule has 3 nitrogen and oxygen atoms in total. The third-order valence-electron chi connectivity index (χ3n) is 3.04. The first kappa shape index (κ1) is 15.7. The molecule has 0 aliphatic rings. The summed E-state index contributed by atoms with van der Waals surface area (Å²) >= 11 is 3.43. The molecule has 0 saturated carbocycles. The van der Waals surface area contributed by atoms with Gasteiger partial charge in [-0.25, -0.2) is 0 Å². The topological polar surface area (TPSA) is 52.9 Å². The van der Waals surface area contributed by atoms with Crippen molar-refractivity contribution in [1.29, 1.82) is 5.26 Å². The van der Waals surface area contributed by atoms with Gasteiger partial charge in [-0.2, -0.15) is 5.26 Å². The van der Waals surface area contributed by atoms with E-state index in [2.05, 4.69) is 27.3 Å². The zero-order chi connectivity index (χ0) is 14.3. The van der Waals surface area contributed by atoms with E-state index in [-0.39, 0.29) is 17.7 Å². The predicted molar refractivity (Wildman–Crippen MR) is 79.4 cm³/mol. The summed E-state index contributed by atoms with van der Waals surface area (Å²) < 4.78 is 1.03. The Morgan fingerprint density at radius 1 is 1.53 bits per heavy atom. The van der Waals surface area contributed by atoms with Crippen LogP contribution in [0.1, 0.15) is 25.8 Å². The highest BCUT2D eigenvalue weighted by atomic mass is 79.9. The zero-order valence-electron chi connectivity index (χ0n) is 11.3. The van der Waals surface area contributed by atoms with Gasteiger partial charge in [0.25, 0.3) is 0 Å². The Balaban J connectivity index is 2.58. The molecule has 0 spiro atoms. The SMILES string of the molecule is CC[C@H](Cc1cccc(Br)c1)C(=O)NC[C@@H](C)C#N. The summed E-state index contributed by atoms with van der Waals surface area (Å²) in [7, 11) is 0. The van der Waals surface area contributed by atoms with Crippen LogP contribution in [-0.2, 0) is 11.2 Å². The quantitative estimate of drug-likeness (QED) is 0.873. The molecule has 1 amide bonds. The van der Waals surface area contributed by atoms with Gasteiger partial charge in [0, 0.05) is 16.9 Å². The molecular weight excluding hydrogens is 304 g/mol. The molecule has 0 aromatic heterocycles. The van der Waals surface area contributed by atoms with E-state index in [1.54, 1.807) is 6.92 Å². The van der Waals surface area contributed by atoms with Crippen molar-refractivity contribution in [3.05, 3.63) is 34.3 Å². The molecule has 0 saturated heterocycles. The number of nitrogens with one attached hydrogen (secondary N) is 1. The molecule has 0 aliphatic heterocycles. The van der Waals surface area contributed by atoms with Crippen LogP contribution in [-0.4, -0.2) is 12.5 Å². The second kappa shape index (κ2) is 7.96. The first-order chi connectivity index (χ1) is 9.06. The summed E-state index contributed by atoms with van der Waals surface area (Å²) in [6.07, 6.45) is 1.52.